The van der Waals surface area contributed by atoms with Gasteiger partial charge in [-0.05, 0) is 18.2 Å². The van der Waals surface area contributed by atoms with Crippen molar-refractivity contribution in [2.45, 2.75) is 24.3 Å². The SMILES string of the molecule is CCS(=O)(=O)c1ccc2c(c1)NC(=O)C(CC(=O)O)O2. The molecular formula is C12H13NO6S. The number of fused-ring (bicyclic) bond motifs is 1. The number of carbonyl (C=O) groups is 2. The van der Waals surface area contributed by atoms with Crippen LogP contribution in [0.4, 0.5) is 5.69 Å². The van der Waals surface area contributed by atoms with Crippen molar-refractivity contribution in [3.8, 4) is 5.75 Å². The summed E-state index contributed by atoms with van der Waals surface area (Å²) in [5, 5.41) is 11.1. The molecule has 2 rings (SSSR count). The third-order valence-electron chi connectivity index (χ3n) is 2.87. The highest BCUT2D eigenvalue weighted by Gasteiger charge is 2.30. The number of carbonyl (C=O) groups excluding carboxylic acids is 1. The molecule has 1 atom stereocenters. The number of benzene rings is 1. The summed E-state index contributed by atoms with van der Waals surface area (Å²) < 4.78 is 28.8. The fourth-order valence-corrected chi connectivity index (χ4v) is 2.69. The van der Waals surface area contributed by atoms with Gasteiger partial charge in [-0.1, -0.05) is 6.92 Å². The quantitative estimate of drug-likeness (QED) is 0.845. The number of carboxylic acids is 1. The molecule has 0 radical (unpaired) electrons. The third kappa shape index (κ3) is 2.74. The minimum Gasteiger partial charge on any atom is -0.481 e. The molecule has 0 spiro atoms. The summed E-state index contributed by atoms with van der Waals surface area (Å²) in [4.78, 5) is 22.4. The number of amides is 1. The maximum atomic E-state index is 11.7. The zero-order valence-corrected chi connectivity index (χ0v) is 11.4. The van der Waals surface area contributed by atoms with Crippen LogP contribution in [0, 0.1) is 0 Å². The van der Waals surface area contributed by atoms with E-state index in [-0.39, 0.29) is 22.1 Å². The van der Waals surface area contributed by atoms with Crippen LogP contribution >= 0.6 is 0 Å². The first-order chi connectivity index (χ1) is 9.33. The molecule has 8 heteroatoms. The molecule has 2 N–H and O–H groups in total. The van der Waals surface area contributed by atoms with Crippen molar-refractivity contribution in [3.63, 3.8) is 0 Å². The summed E-state index contributed by atoms with van der Waals surface area (Å²) in [7, 11) is -3.38. The van der Waals surface area contributed by atoms with Crippen LogP contribution in [-0.2, 0) is 19.4 Å². The summed E-state index contributed by atoms with van der Waals surface area (Å²) in [5.74, 6) is -1.56. The molecule has 1 aromatic rings. The largest absolute Gasteiger partial charge is 0.481 e. The molecule has 1 unspecified atom stereocenters. The lowest BCUT2D eigenvalue weighted by Gasteiger charge is -2.25. The van der Waals surface area contributed by atoms with Gasteiger partial charge in [0, 0.05) is 0 Å². The van der Waals surface area contributed by atoms with E-state index in [0.29, 0.717) is 0 Å². The number of carboxylic acid groups (broad SMARTS) is 1. The maximum Gasteiger partial charge on any atom is 0.307 e. The molecule has 108 valence electrons. The molecule has 0 bridgehead atoms. The minimum atomic E-state index is -3.38. The Morgan fingerprint density at radius 3 is 2.75 bits per heavy atom. The molecular weight excluding hydrogens is 286 g/mol. The first-order valence-electron chi connectivity index (χ1n) is 5.89. The topological polar surface area (TPSA) is 110 Å². The molecule has 1 amide bonds. The van der Waals surface area contributed by atoms with Crippen LogP contribution in [-0.4, -0.2) is 37.3 Å². The first kappa shape index (κ1) is 14.3. The predicted molar refractivity (Wildman–Crippen MR) is 69.5 cm³/mol. The number of hydrogen-bond donors (Lipinski definition) is 2. The van der Waals surface area contributed by atoms with Gasteiger partial charge in [-0.2, -0.15) is 0 Å². The fraction of sp³-hybridized carbons (Fsp3) is 0.333. The second-order valence-electron chi connectivity index (χ2n) is 4.25. The lowest BCUT2D eigenvalue weighted by atomic mass is 10.1. The molecule has 1 heterocycles. The zero-order chi connectivity index (χ0) is 14.9. The van der Waals surface area contributed by atoms with Crippen LogP contribution < -0.4 is 10.1 Å². The highest BCUT2D eigenvalue weighted by atomic mass is 32.2. The lowest BCUT2D eigenvalue weighted by Crippen LogP contribution is -2.38. The Morgan fingerprint density at radius 1 is 1.45 bits per heavy atom. The Kier molecular flexibility index (Phi) is 3.67. The van der Waals surface area contributed by atoms with Crippen molar-refractivity contribution in [2.24, 2.45) is 0 Å². The monoisotopic (exact) mass is 299 g/mol. The van der Waals surface area contributed by atoms with Gasteiger partial charge in [0.25, 0.3) is 5.91 Å². The summed E-state index contributed by atoms with van der Waals surface area (Å²) >= 11 is 0. The van der Waals surface area contributed by atoms with Gasteiger partial charge in [-0.3, -0.25) is 9.59 Å². The van der Waals surface area contributed by atoms with E-state index in [4.69, 9.17) is 9.84 Å². The summed E-state index contributed by atoms with van der Waals surface area (Å²) in [6.45, 7) is 1.52. The average molecular weight is 299 g/mol. The highest BCUT2D eigenvalue weighted by Crippen LogP contribution is 2.32. The molecule has 20 heavy (non-hydrogen) atoms. The smallest absolute Gasteiger partial charge is 0.307 e. The molecule has 0 saturated carbocycles. The van der Waals surface area contributed by atoms with Crippen molar-refractivity contribution in [3.05, 3.63) is 18.2 Å². The Bertz CT molecular complexity index is 667. The van der Waals surface area contributed by atoms with Gasteiger partial charge in [-0.25, -0.2) is 8.42 Å². The highest BCUT2D eigenvalue weighted by molar-refractivity contribution is 7.91. The van der Waals surface area contributed by atoms with Crippen molar-refractivity contribution >= 4 is 27.4 Å². The maximum absolute atomic E-state index is 11.7. The number of rotatable bonds is 4. The van der Waals surface area contributed by atoms with E-state index in [2.05, 4.69) is 5.32 Å². The second kappa shape index (κ2) is 5.12. The summed E-state index contributed by atoms with van der Waals surface area (Å²) in [6.07, 6.45) is -1.58. The fourth-order valence-electron chi connectivity index (χ4n) is 1.78. The van der Waals surface area contributed by atoms with Crippen molar-refractivity contribution in [2.75, 3.05) is 11.1 Å². The summed E-state index contributed by atoms with van der Waals surface area (Å²) in [5.41, 5.74) is 0.228. The lowest BCUT2D eigenvalue weighted by molar-refractivity contribution is -0.142. The average Bonchev–Trinajstić information content (AvgIpc) is 2.38. The number of hydrogen-bond acceptors (Lipinski definition) is 5. The number of sulfone groups is 1. The van der Waals surface area contributed by atoms with Gasteiger partial charge in [0.2, 0.25) is 0 Å². The van der Waals surface area contributed by atoms with E-state index in [1.54, 1.807) is 0 Å². The van der Waals surface area contributed by atoms with Crippen LogP contribution in [0.2, 0.25) is 0 Å². The van der Waals surface area contributed by atoms with Crippen LogP contribution in [0.5, 0.6) is 5.75 Å². The number of anilines is 1. The summed E-state index contributed by atoms with van der Waals surface area (Å²) in [6, 6.07) is 4.09. The Hall–Kier alpha value is -2.09. The molecule has 0 fully saturated rings. The van der Waals surface area contributed by atoms with Crippen molar-refractivity contribution < 1.29 is 27.9 Å². The van der Waals surface area contributed by atoms with Crippen LogP contribution in [0.25, 0.3) is 0 Å². The number of nitrogens with one attached hydrogen (secondary N) is 1. The van der Waals surface area contributed by atoms with Crippen LogP contribution in [0.15, 0.2) is 23.1 Å². The molecule has 0 aliphatic carbocycles. The molecule has 0 saturated heterocycles. The Labute approximate surface area is 115 Å². The van der Waals surface area contributed by atoms with E-state index in [1.165, 1.54) is 25.1 Å². The van der Waals surface area contributed by atoms with E-state index in [0.717, 1.165) is 0 Å². The normalized spacial score (nSPS) is 17.9. The Balaban J connectivity index is 2.33. The molecule has 1 aliphatic rings. The van der Waals surface area contributed by atoms with Gasteiger partial charge in [-0.15, -0.1) is 0 Å². The van der Waals surface area contributed by atoms with E-state index in [1.807, 2.05) is 0 Å². The van der Waals surface area contributed by atoms with Crippen LogP contribution in [0.1, 0.15) is 13.3 Å². The Morgan fingerprint density at radius 2 is 2.15 bits per heavy atom. The van der Waals surface area contributed by atoms with Gasteiger partial charge in [0.1, 0.15) is 5.75 Å². The van der Waals surface area contributed by atoms with Gasteiger partial charge in [0.15, 0.2) is 15.9 Å². The van der Waals surface area contributed by atoms with Gasteiger partial charge < -0.3 is 15.2 Å². The van der Waals surface area contributed by atoms with Gasteiger partial charge >= 0.3 is 5.97 Å². The zero-order valence-electron chi connectivity index (χ0n) is 10.6. The molecule has 1 aromatic carbocycles. The number of ether oxygens (including phenoxy) is 1. The standard InChI is InChI=1S/C12H13NO6S/c1-2-20(17,18)7-3-4-9-8(5-7)13-12(16)10(19-9)6-11(14)15/h3-5,10H,2,6H2,1H3,(H,13,16)(H,14,15). The first-order valence-corrected chi connectivity index (χ1v) is 7.55. The molecule has 0 aromatic heterocycles. The van der Waals surface area contributed by atoms with E-state index >= 15 is 0 Å². The van der Waals surface area contributed by atoms with E-state index in [9.17, 15) is 18.0 Å². The van der Waals surface area contributed by atoms with E-state index < -0.39 is 34.2 Å². The molecule has 1 aliphatic heterocycles. The predicted octanol–water partition coefficient (Wildman–Crippen LogP) is 0.654. The van der Waals surface area contributed by atoms with Crippen molar-refractivity contribution in [1.29, 1.82) is 0 Å². The molecule has 7 nitrogen and oxygen atoms in total. The van der Waals surface area contributed by atoms with Crippen LogP contribution in [0.3, 0.4) is 0 Å². The van der Waals surface area contributed by atoms with Gasteiger partial charge in [0.05, 0.1) is 22.8 Å². The second-order valence-corrected chi connectivity index (χ2v) is 6.53. The van der Waals surface area contributed by atoms with Crippen molar-refractivity contribution in [1.82, 2.24) is 0 Å². The minimum absolute atomic E-state index is 0.0533. The third-order valence-corrected chi connectivity index (χ3v) is 4.60. The number of aliphatic carboxylic acids is 1.